The van der Waals surface area contributed by atoms with Gasteiger partial charge in [0.1, 0.15) is 23.1 Å². The third kappa shape index (κ3) is 5.22. The quantitative estimate of drug-likeness (QED) is 0.135. The molecule has 1 saturated heterocycles. The number of fused-ring (bicyclic) bond motifs is 3. The Morgan fingerprint density at radius 3 is 2.00 bits per heavy atom. The first kappa shape index (κ1) is 25.7. The SMILES string of the molecule is COc1cc(F)ccc1N1CCN(Sc2ccc3c(c2)/C(=N\O)c2cc(Sc4ccc(F)cc4)ccc2-3)CC1. The Morgan fingerprint density at radius 2 is 1.33 bits per heavy atom. The van der Waals surface area contributed by atoms with Crippen LogP contribution in [0.5, 0.6) is 5.75 Å². The van der Waals surface area contributed by atoms with Crippen molar-refractivity contribution in [2.45, 2.75) is 14.7 Å². The summed E-state index contributed by atoms with van der Waals surface area (Å²) >= 11 is 3.22. The van der Waals surface area contributed by atoms with Crippen LogP contribution in [0.3, 0.4) is 0 Å². The standard InChI is InChI=1S/C30H25F2N3O2S2/c1-37-29-16-20(32)4-11-28(29)34-12-14-35(15-13-34)39-23-8-10-25-24-9-7-22(38-21-5-2-19(31)3-6-21)17-26(24)30(33-36)27(25)18-23/h2-11,16-18,36H,12-15H2,1H3/b33-30-. The molecule has 2 aliphatic rings. The second kappa shape index (κ2) is 10.9. The largest absolute Gasteiger partial charge is 0.494 e. The Balaban J connectivity index is 1.16. The fraction of sp³-hybridized carbons (Fsp3) is 0.167. The molecule has 1 aliphatic heterocycles. The van der Waals surface area contributed by atoms with Crippen molar-refractivity contribution in [3.05, 3.63) is 102 Å². The highest BCUT2D eigenvalue weighted by atomic mass is 32.2. The number of ether oxygens (including phenoxy) is 1. The smallest absolute Gasteiger partial charge is 0.145 e. The number of nitrogens with zero attached hydrogens (tertiary/aromatic N) is 3. The van der Waals surface area contributed by atoms with E-state index in [2.05, 4.69) is 32.6 Å². The highest BCUT2D eigenvalue weighted by molar-refractivity contribution is 7.99. The Labute approximate surface area is 234 Å². The number of methoxy groups -OCH3 is 1. The molecule has 0 unspecified atom stereocenters. The molecule has 0 spiro atoms. The molecule has 0 aromatic heterocycles. The summed E-state index contributed by atoms with van der Waals surface area (Å²) in [6.07, 6.45) is 0. The molecule has 5 nitrogen and oxygen atoms in total. The second-order valence-corrected chi connectivity index (χ2v) is 11.6. The number of oxime groups is 1. The van der Waals surface area contributed by atoms with Crippen LogP contribution >= 0.6 is 23.7 Å². The van der Waals surface area contributed by atoms with Crippen molar-refractivity contribution in [3.63, 3.8) is 0 Å². The van der Waals surface area contributed by atoms with E-state index < -0.39 is 0 Å². The number of hydrogen-bond acceptors (Lipinski definition) is 7. The lowest BCUT2D eigenvalue weighted by Crippen LogP contribution is -2.43. The molecule has 0 atom stereocenters. The summed E-state index contributed by atoms with van der Waals surface area (Å²) in [6.45, 7) is 3.24. The molecule has 1 N–H and O–H groups in total. The van der Waals surface area contributed by atoms with Crippen molar-refractivity contribution in [1.29, 1.82) is 0 Å². The first-order chi connectivity index (χ1) is 19.0. The second-order valence-electron chi connectivity index (χ2n) is 9.24. The lowest BCUT2D eigenvalue weighted by Gasteiger charge is -2.35. The van der Waals surface area contributed by atoms with Crippen LogP contribution in [-0.4, -0.2) is 48.5 Å². The molecule has 39 heavy (non-hydrogen) atoms. The number of halogens is 2. The topological polar surface area (TPSA) is 48.3 Å². The van der Waals surface area contributed by atoms with E-state index >= 15 is 0 Å². The Hall–Kier alpha value is -3.53. The van der Waals surface area contributed by atoms with E-state index in [-0.39, 0.29) is 11.6 Å². The number of benzene rings is 4. The summed E-state index contributed by atoms with van der Waals surface area (Å²) < 4.78 is 34.6. The summed E-state index contributed by atoms with van der Waals surface area (Å²) in [5.74, 6) is -0.0244. The molecular weight excluding hydrogens is 536 g/mol. The van der Waals surface area contributed by atoms with E-state index in [1.807, 2.05) is 18.2 Å². The molecule has 0 radical (unpaired) electrons. The maximum absolute atomic E-state index is 13.6. The molecule has 0 amide bonds. The fourth-order valence-electron chi connectivity index (χ4n) is 5.00. The monoisotopic (exact) mass is 561 g/mol. The number of anilines is 1. The van der Waals surface area contributed by atoms with Crippen molar-refractivity contribution in [1.82, 2.24) is 4.31 Å². The molecule has 0 bridgehead atoms. The molecule has 9 heteroatoms. The number of piperazine rings is 1. The zero-order valence-corrected chi connectivity index (χ0v) is 22.7. The van der Waals surface area contributed by atoms with Gasteiger partial charge in [-0.1, -0.05) is 29.1 Å². The predicted octanol–water partition coefficient (Wildman–Crippen LogP) is 7.16. The van der Waals surface area contributed by atoms with E-state index in [1.165, 1.54) is 36.0 Å². The van der Waals surface area contributed by atoms with Gasteiger partial charge in [-0.3, -0.25) is 0 Å². The van der Waals surface area contributed by atoms with Crippen LogP contribution in [0, 0.1) is 11.6 Å². The molecule has 6 rings (SSSR count). The van der Waals surface area contributed by atoms with Gasteiger partial charge in [-0.15, -0.1) is 0 Å². The van der Waals surface area contributed by atoms with Crippen molar-refractivity contribution >= 4 is 35.1 Å². The van der Waals surface area contributed by atoms with Gasteiger partial charge in [0.05, 0.1) is 12.8 Å². The summed E-state index contributed by atoms with van der Waals surface area (Å²) in [6, 6.07) is 23.4. The molecule has 198 valence electrons. The van der Waals surface area contributed by atoms with Crippen LogP contribution in [0.1, 0.15) is 11.1 Å². The maximum Gasteiger partial charge on any atom is 0.145 e. The zero-order chi connectivity index (χ0) is 26.9. The fourth-order valence-corrected chi connectivity index (χ4v) is 6.80. The molecule has 1 fully saturated rings. The third-order valence-corrected chi connectivity index (χ3v) is 8.97. The van der Waals surface area contributed by atoms with E-state index in [0.29, 0.717) is 11.5 Å². The lowest BCUT2D eigenvalue weighted by molar-refractivity contribution is 0.320. The minimum absolute atomic E-state index is 0.262. The van der Waals surface area contributed by atoms with Crippen LogP contribution in [0.2, 0.25) is 0 Å². The van der Waals surface area contributed by atoms with Crippen LogP contribution in [-0.2, 0) is 0 Å². The summed E-state index contributed by atoms with van der Waals surface area (Å²) in [5, 5.41) is 13.6. The van der Waals surface area contributed by atoms with Gasteiger partial charge in [0.2, 0.25) is 0 Å². The van der Waals surface area contributed by atoms with Gasteiger partial charge in [-0.2, -0.15) is 0 Å². The van der Waals surface area contributed by atoms with Crippen molar-refractivity contribution in [2.24, 2.45) is 5.16 Å². The summed E-state index contributed by atoms with van der Waals surface area (Å²) in [5.41, 5.74) is 5.30. The summed E-state index contributed by atoms with van der Waals surface area (Å²) in [7, 11) is 1.56. The van der Waals surface area contributed by atoms with E-state index in [0.717, 1.165) is 68.8 Å². The van der Waals surface area contributed by atoms with Gasteiger partial charge in [-0.05, 0) is 83.7 Å². The minimum atomic E-state index is -0.308. The van der Waals surface area contributed by atoms with Gasteiger partial charge in [-0.25, -0.2) is 13.1 Å². The van der Waals surface area contributed by atoms with Gasteiger partial charge < -0.3 is 14.8 Å². The van der Waals surface area contributed by atoms with Gasteiger partial charge in [0.15, 0.2) is 0 Å². The van der Waals surface area contributed by atoms with Crippen LogP contribution in [0.15, 0.2) is 98.7 Å². The van der Waals surface area contributed by atoms with Gasteiger partial charge in [0.25, 0.3) is 0 Å². The van der Waals surface area contributed by atoms with Crippen molar-refractivity contribution < 1.29 is 18.7 Å². The van der Waals surface area contributed by atoms with Gasteiger partial charge in [0, 0.05) is 58.1 Å². The first-order valence-corrected chi connectivity index (χ1v) is 14.1. The van der Waals surface area contributed by atoms with Crippen LogP contribution in [0.4, 0.5) is 14.5 Å². The minimum Gasteiger partial charge on any atom is -0.494 e. The highest BCUT2D eigenvalue weighted by Crippen LogP contribution is 2.42. The molecule has 4 aromatic rings. The number of hydrogen-bond donors (Lipinski definition) is 1. The lowest BCUT2D eigenvalue weighted by atomic mass is 10.1. The Morgan fingerprint density at radius 1 is 0.718 bits per heavy atom. The average molecular weight is 562 g/mol. The van der Waals surface area contributed by atoms with Gasteiger partial charge >= 0.3 is 0 Å². The van der Waals surface area contributed by atoms with E-state index in [4.69, 9.17) is 4.74 Å². The molecule has 4 aromatic carbocycles. The first-order valence-electron chi connectivity index (χ1n) is 12.5. The maximum atomic E-state index is 13.6. The Kier molecular flexibility index (Phi) is 7.20. The highest BCUT2D eigenvalue weighted by Gasteiger charge is 2.27. The summed E-state index contributed by atoms with van der Waals surface area (Å²) in [4.78, 5) is 5.20. The average Bonchev–Trinajstić information content (AvgIpc) is 3.26. The van der Waals surface area contributed by atoms with Crippen molar-refractivity contribution in [3.8, 4) is 16.9 Å². The molecule has 1 aliphatic carbocycles. The molecule has 1 heterocycles. The van der Waals surface area contributed by atoms with E-state index in [9.17, 15) is 14.0 Å². The van der Waals surface area contributed by atoms with Crippen LogP contribution in [0.25, 0.3) is 11.1 Å². The molecule has 0 saturated carbocycles. The molecular formula is C30H25F2N3O2S2. The predicted molar refractivity (Wildman–Crippen MR) is 152 cm³/mol. The van der Waals surface area contributed by atoms with Crippen LogP contribution < -0.4 is 9.64 Å². The number of rotatable bonds is 6. The third-order valence-electron chi connectivity index (χ3n) is 6.89. The Bertz CT molecular complexity index is 1550. The van der Waals surface area contributed by atoms with Crippen molar-refractivity contribution in [2.75, 3.05) is 38.2 Å². The zero-order valence-electron chi connectivity index (χ0n) is 21.1. The normalized spacial score (nSPS) is 15.9. The van der Waals surface area contributed by atoms with E-state index in [1.54, 1.807) is 37.3 Å².